The van der Waals surface area contributed by atoms with Gasteiger partial charge in [-0.15, -0.1) is 0 Å². The predicted octanol–water partition coefficient (Wildman–Crippen LogP) is 1.37. The molecule has 29 heavy (non-hydrogen) atoms. The van der Waals surface area contributed by atoms with Gasteiger partial charge in [-0.2, -0.15) is 9.40 Å². The minimum atomic E-state index is -3.63. The van der Waals surface area contributed by atoms with E-state index in [0.717, 1.165) is 32.0 Å². The molecule has 2 atom stereocenters. The van der Waals surface area contributed by atoms with Crippen LogP contribution in [0.15, 0.2) is 11.1 Å². The van der Waals surface area contributed by atoms with Crippen LogP contribution in [0.25, 0.3) is 0 Å². The highest BCUT2D eigenvalue weighted by atomic mass is 32.2. The second-order valence-corrected chi connectivity index (χ2v) is 10.7. The van der Waals surface area contributed by atoms with E-state index in [1.165, 1.54) is 23.3 Å². The number of aryl methyl sites for hydroxylation is 1. The number of carbonyl (C=O) groups excluding carboxylic acids is 1. The molecule has 1 amide bonds. The average molecular weight is 426 g/mol. The number of hydrogen-bond donors (Lipinski definition) is 1. The van der Waals surface area contributed by atoms with Gasteiger partial charge in [-0.1, -0.05) is 6.92 Å². The van der Waals surface area contributed by atoms with E-state index in [-0.39, 0.29) is 29.3 Å². The van der Waals surface area contributed by atoms with Gasteiger partial charge in [0.1, 0.15) is 4.90 Å². The molecule has 0 unspecified atom stereocenters. The van der Waals surface area contributed by atoms with E-state index >= 15 is 0 Å². The fourth-order valence-corrected chi connectivity index (χ4v) is 5.99. The first-order chi connectivity index (χ1) is 13.7. The zero-order chi connectivity index (χ0) is 21.2. The van der Waals surface area contributed by atoms with Crippen molar-refractivity contribution < 1.29 is 13.2 Å². The summed E-state index contributed by atoms with van der Waals surface area (Å²) in [6, 6.07) is 0.0588. The Morgan fingerprint density at radius 2 is 1.97 bits per heavy atom. The van der Waals surface area contributed by atoms with Gasteiger partial charge in [0.2, 0.25) is 15.9 Å². The second-order valence-electron chi connectivity index (χ2n) is 8.81. The molecule has 3 rings (SSSR count). The minimum absolute atomic E-state index is 0.0364. The molecule has 2 aliphatic rings. The highest BCUT2D eigenvalue weighted by molar-refractivity contribution is 7.89. The summed E-state index contributed by atoms with van der Waals surface area (Å²) in [6.45, 7) is 9.77. The smallest absolute Gasteiger partial charge is 0.246 e. The van der Waals surface area contributed by atoms with Gasteiger partial charge in [-0.05, 0) is 58.5 Å². The normalized spacial score (nSPS) is 23.8. The molecule has 0 radical (unpaired) electrons. The van der Waals surface area contributed by atoms with Crippen molar-refractivity contribution in [1.29, 1.82) is 0 Å². The SMILES string of the molecule is Cc1c(S(=O)(=O)N2CCC[C@H](C(=O)N[C@H](C)CN3CCC(C)CC3)C2)cnn1C. The van der Waals surface area contributed by atoms with Gasteiger partial charge in [0.05, 0.1) is 17.8 Å². The Morgan fingerprint density at radius 3 is 2.59 bits per heavy atom. The Morgan fingerprint density at radius 1 is 1.28 bits per heavy atom. The lowest BCUT2D eigenvalue weighted by Crippen LogP contribution is -2.49. The molecule has 2 aliphatic heterocycles. The molecule has 1 aromatic heterocycles. The molecule has 9 heteroatoms. The number of rotatable bonds is 6. The molecule has 8 nitrogen and oxygen atoms in total. The van der Waals surface area contributed by atoms with Crippen molar-refractivity contribution in [3.8, 4) is 0 Å². The number of aromatic nitrogens is 2. The van der Waals surface area contributed by atoms with Crippen LogP contribution in [0, 0.1) is 18.8 Å². The van der Waals surface area contributed by atoms with Crippen molar-refractivity contribution in [3.63, 3.8) is 0 Å². The zero-order valence-electron chi connectivity index (χ0n) is 18.1. The molecule has 0 saturated carbocycles. The van der Waals surface area contributed by atoms with Crippen molar-refractivity contribution in [2.45, 2.75) is 57.4 Å². The molecule has 164 valence electrons. The summed E-state index contributed by atoms with van der Waals surface area (Å²) in [5.74, 6) is 0.444. The van der Waals surface area contributed by atoms with E-state index in [0.29, 0.717) is 18.7 Å². The van der Waals surface area contributed by atoms with Gasteiger partial charge >= 0.3 is 0 Å². The molecule has 1 aromatic rings. The topological polar surface area (TPSA) is 87.5 Å². The van der Waals surface area contributed by atoms with Crippen molar-refractivity contribution in [2.75, 3.05) is 32.7 Å². The quantitative estimate of drug-likeness (QED) is 0.744. The Hall–Kier alpha value is -1.45. The summed E-state index contributed by atoms with van der Waals surface area (Å²) in [5, 5.41) is 7.17. The molecule has 1 N–H and O–H groups in total. The second kappa shape index (κ2) is 9.14. The molecule has 0 aliphatic carbocycles. The molecule has 3 heterocycles. The first-order valence-electron chi connectivity index (χ1n) is 10.7. The van der Waals surface area contributed by atoms with Crippen molar-refractivity contribution in [3.05, 3.63) is 11.9 Å². The van der Waals surface area contributed by atoms with Crippen LogP contribution in [0.1, 0.15) is 45.2 Å². The maximum Gasteiger partial charge on any atom is 0.246 e. The number of likely N-dealkylation sites (tertiary alicyclic amines) is 1. The van der Waals surface area contributed by atoms with Gasteiger partial charge in [-0.25, -0.2) is 8.42 Å². The van der Waals surface area contributed by atoms with Gasteiger partial charge in [0.15, 0.2) is 0 Å². The molecule has 0 aromatic carbocycles. The lowest BCUT2D eigenvalue weighted by Gasteiger charge is -2.34. The Balaban J connectivity index is 1.57. The van der Waals surface area contributed by atoms with Gasteiger partial charge in [-0.3, -0.25) is 9.48 Å². The van der Waals surface area contributed by atoms with E-state index in [2.05, 4.69) is 22.2 Å². The predicted molar refractivity (Wildman–Crippen MR) is 112 cm³/mol. The van der Waals surface area contributed by atoms with Crippen LogP contribution in [0.5, 0.6) is 0 Å². The number of carbonyl (C=O) groups is 1. The van der Waals surface area contributed by atoms with Crippen molar-refractivity contribution in [1.82, 2.24) is 24.3 Å². The fraction of sp³-hybridized carbons (Fsp3) is 0.800. The van der Waals surface area contributed by atoms with Crippen molar-refractivity contribution >= 4 is 15.9 Å². The monoisotopic (exact) mass is 425 g/mol. The summed E-state index contributed by atoms with van der Waals surface area (Å²) in [6.07, 6.45) is 5.23. The van der Waals surface area contributed by atoms with Crippen LogP contribution in [-0.4, -0.2) is 72.1 Å². The number of amides is 1. The number of sulfonamides is 1. The van der Waals surface area contributed by atoms with Gasteiger partial charge < -0.3 is 10.2 Å². The van der Waals surface area contributed by atoms with E-state index in [4.69, 9.17) is 0 Å². The maximum absolute atomic E-state index is 13.0. The highest BCUT2D eigenvalue weighted by Gasteiger charge is 2.35. The molecule has 2 fully saturated rings. The van der Waals surface area contributed by atoms with Crippen LogP contribution < -0.4 is 5.32 Å². The summed E-state index contributed by atoms with van der Waals surface area (Å²) in [4.78, 5) is 15.5. The number of piperidine rings is 2. The van der Waals surface area contributed by atoms with E-state index < -0.39 is 10.0 Å². The third-order valence-corrected chi connectivity index (χ3v) is 8.33. The van der Waals surface area contributed by atoms with E-state index in [1.54, 1.807) is 18.7 Å². The number of nitrogens with one attached hydrogen (secondary N) is 1. The zero-order valence-corrected chi connectivity index (χ0v) is 18.9. The summed E-state index contributed by atoms with van der Waals surface area (Å²) >= 11 is 0. The van der Waals surface area contributed by atoms with Crippen LogP contribution in [0.3, 0.4) is 0 Å². The first kappa shape index (κ1) is 22.2. The maximum atomic E-state index is 13.0. The Labute approximate surface area is 174 Å². The standard InChI is InChI=1S/C20H35N5O3S/c1-15-7-10-24(11-8-15)13-16(2)22-20(26)18-6-5-9-25(14-18)29(27,28)19-12-21-23(4)17(19)3/h12,15-16,18H,5-11,13-14H2,1-4H3,(H,22,26)/t16-,18+/m1/s1. The summed E-state index contributed by atoms with van der Waals surface area (Å²) in [7, 11) is -1.91. The fourth-order valence-electron chi connectivity index (χ4n) is 4.28. The number of hydrogen-bond acceptors (Lipinski definition) is 5. The molecule has 0 spiro atoms. The molecule has 2 saturated heterocycles. The van der Waals surface area contributed by atoms with Crippen LogP contribution in [0.4, 0.5) is 0 Å². The molecular weight excluding hydrogens is 390 g/mol. The first-order valence-corrected chi connectivity index (χ1v) is 12.1. The Bertz CT molecular complexity index is 814. The summed E-state index contributed by atoms with van der Waals surface area (Å²) in [5.41, 5.74) is 0.612. The highest BCUT2D eigenvalue weighted by Crippen LogP contribution is 2.25. The van der Waals surface area contributed by atoms with Crippen LogP contribution in [-0.2, 0) is 21.9 Å². The van der Waals surface area contributed by atoms with Crippen LogP contribution >= 0.6 is 0 Å². The lowest BCUT2D eigenvalue weighted by molar-refractivity contribution is -0.126. The van der Waals surface area contributed by atoms with Crippen molar-refractivity contribution in [2.24, 2.45) is 18.9 Å². The minimum Gasteiger partial charge on any atom is -0.352 e. The largest absolute Gasteiger partial charge is 0.352 e. The lowest BCUT2D eigenvalue weighted by atomic mass is 9.98. The average Bonchev–Trinajstić information content (AvgIpc) is 3.03. The summed E-state index contributed by atoms with van der Waals surface area (Å²) < 4.78 is 29.1. The van der Waals surface area contributed by atoms with E-state index in [9.17, 15) is 13.2 Å². The third kappa shape index (κ3) is 5.19. The van der Waals surface area contributed by atoms with Gasteiger partial charge in [0.25, 0.3) is 0 Å². The number of nitrogens with zero attached hydrogens (tertiary/aromatic N) is 4. The van der Waals surface area contributed by atoms with E-state index in [1.807, 2.05) is 6.92 Å². The van der Waals surface area contributed by atoms with Crippen LogP contribution in [0.2, 0.25) is 0 Å². The van der Waals surface area contributed by atoms with Gasteiger partial charge in [0, 0.05) is 32.7 Å². The molecular formula is C20H35N5O3S. The molecule has 0 bridgehead atoms. The third-order valence-electron chi connectivity index (χ3n) is 6.36. The Kier molecular flexibility index (Phi) is 7.01.